The summed E-state index contributed by atoms with van der Waals surface area (Å²) in [5, 5.41) is 3.05. The predicted octanol–water partition coefficient (Wildman–Crippen LogP) is 5.98. The maximum absolute atomic E-state index is 12.9. The molecular weight excluding hydrogens is 376 g/mol. The molecule has 29 heavy (non-hydrogen) atoms. The largest absolute Gasteiger partial charge is 0.365 e. The molecule has 1 amide bonds. The first-order valence-corrected chi connectivity index (χ1v) is 10.9. The normalized spacial score (nSPS) is 13.1. The van der Waals surface area contributed by atoms with Crippen LogP contribution >= 0.6 is 11.8 Å². The van der Waals surface area contributed by atoms with E-state index in [1.165, 1.54) is 16.0 Å². The van der Waals surface area contributed by atoms with Gasteiger partial charge in [-0.05, 0) is 67.8 Å². The number of fused-ring (bicyclic) bond motifs is 1. The molecule has 3 nitrogen and oxygen atoms in total. The van der Waals surface area contributed by atoms with Crippen molar-refractivity contribution >= 4 is 29.0 Å². The molecule has 1 heterocycles. The zero-order valence-electron chi connectivity index (χ0n) is 17.2. The Kier molecular flexibility index (Phi) is 5.63. The third-order valence-corrected chi connectivity index (χ3v) is 6.20. The molecule has 0 radical (unpaired) electrons. The third kappa shape index (κ3) is 4.65. The van der Waals surface area contributed by atoms with Crippen molar-refractivity contribution in [1.82, 2.24) is 0 Å². The first-order chi connectivity index (χ1) is 14.0. The van der Waals surface area contributed by atoms with Gasteiger partial charge in [0.2, 0.25) is 0 Å². The molecule has 0 saturated heterocycles. The van der Waals surface area contributed by atoms with E-state index < -0.39 is 0 Å². The number of amides is 1. The number of carbonyl (C=O) groups is 1. The number of hydrogen-bond acceptors (Lipinski definition) is 3. The van der Waals surface area contributed by atoms with Crippen molar-refractivity contribution in [3.05, 3.63) is 88.5 Å². The summed E-state index contributed by atoms with van der Waals surface area (Å²) < 4.78 is 0. The molecule has 0 atom stereocenters. The molecule has 0 fully saturated rings. The van der Waals surface area contributed by atoms with Crippen LogP contribution in [0.2, 0.25) is 0 Å². The Bertz CT molecular complexity index is 1020. The molecule has 0 unspecified atom stereocenters. The standard InChI is InChI=1S/C25H26N2OS/c1-17-4-6-20(7-5-17)16-27-10-11-29-24-9-8-21(15-23(24)27)25(28)26-22-13-18(2)12-19(3)14-22/h4-9,12-15H,10-11,16H2,1-3H3,(H,26,28). The number of hydrogen-bond donors (Lipinski definition) is 1. The molecule has 3 aromatic carbocycles. The zero-order chi connectivity index (χ0) is 20.4. The minimum Gasteiger partial charge on any atom is -0.365 e. The van der Waals surface area contributed by atoms with Gasteiger partial charge in [0.1, 0.15) is 0 Å². The zero-order valence-corrected chi connectivity index (χ0v) is 18.0. The van der Waals surface area contributed by atoms with Crippen molar-refractivity contribution in [3.63, 3.8) is 0 Å². The van der Waals surface area contributed by atoms with Gasteiger partial charge in [0, 0.05) is 35.0 Å². The van der Waals surface area contributed by atoms with Crippen LogP contribution in [0.4, 0.5) is 11.4 Å². The highest BCUT2D eigenvalue weighted by Crippen LogP contribution is 2.36. The van der Waals surface area contributed by atoms with Gasteiger partial charge in [0.15, 0.2) is 0 Å². The van der Waals surface area contributed by atoms with Crippen LogP contribution in [-0.2, 0) is 6.54 Å². The van der Waals surface area contributed by atoms with Gasteiger partial charge in [-0.3, -0.25) is 4.79 Å². The lowest BCUT2D eigenvalue weighted by molar-refractivity contribution is 0.102. The SMILES string of the molecule is Cc1ccc(CN2CCSc3ccc(C(=O)Nc4cc(C)cc(C)c4)cc32)cc1. The number of rotatable bonds is 4. The fraction of sp³-hybridized carbons (Fsp3) is 0.240. The Hall–Kier alpha value is -2.72. The van der Waals surface area contributed by atoms with E-state index in [0.717, 1.165) is 41.3 Å². The van der Waals surface area contributed by atoms with E-state index in [2.05, 4.69) is 53.5 Å². The summed E-state index contributed by atoms with van der Waals surface area (Å²) in [5.74, 6) is 0.996. The molecule has 4 rings (SSSR count). The van der Waals surface area contributed by atoms with E-state index >= 15 is 0 Å². The lowest BCUT2D eigenvalue weighted by Crippen LogP contribution is -2.29. The smallest absolute Gasteiger partial charge is 0.255 e. The maximum atomic E-state index is 12.9. The summed E-state index contributed by atoms with van der Waals surface area (Å²) in [6.07, 6.45) is 0. The molecule has 0 saturated carbocycles. The number of nitrogens with zero attached hydrogens (tertiary/aromatic N) is 1. The molecular formula is C25H26N2OS. The number of aryl methyl sites for hydroxylation is 3. The van der Waals surface area contributed by atoms with E-state index in [1.54, 1.807) is 0 Å². The summed E-state index contributed by atoms with van der Waals surface area (Å²) in [4.78, 5) is 16.5. The first kappa shape index (κ1) is 19.6. The summed E-state index contributed by atoms with van der Waals surface area (Å²) in [6.45, 7) is 8.03. The Morgan fingerprint density at radius 3 is 2.38 bits per heavy atom. The first-order valence-electron chi connectivity index (χ1n) is 9.95. The molecule has 0 aliphatic carbocycles. The van der Waals surface area contributed by atoms with Gasteiger partial charge in [-0.1, -0.05) is 35.9 Å². The van der Waals surface area contributed by atoms with Crippen molar-refractivity contribution in [2.45, 2.75) is 32.2 Å². The van der Waals surface area contributed by atoms with E-state index in [9.17, 15) is 4.79 Å². The number of benzene rings is 3. The fourth-order valence-electron chi connectivity index (χ4n) is 3.74. The molecule has 0 aromatic heterocycles. The number of anilines is 2. The number of carbonyl (C=O) groups excluding carboxylic acids is 1. The Labute approximate surface area is 177 Å². The van der Waals surface area contributed by atoms with Crippen LogP contribution in [0.1, 0.15) is 32.6 Å². The highest BCUT2D eigenvalue weighted by Gasteiger charge is 2.20. The summed E-state index contributed by atoms with van der Waals surface area (Å²) in [5.41, 5.74) is 7.54. The van der Waals surface area contributed by atoms with Crippen LogP contribution in [0.15, 0.2) is 65.6 Å². The average molecular weight is 403 g/mol. The molecule has 3 aromatic rings. The summed E-state index contributed by atoms with van der Waals surface area (Å²) in [6, 6.07) is 20.8. The van der Waals surface area contributed by atoms with Gasteiger partial charge in [-0.25, -0.2) is 0 Å². The van der Waals surface area contributed by atoms with Gasteiger partial charge < -0.3 is 10.2 Å². The highest BCUT2D eigenvalue weighted by molar-refractivity contribution is 7.99. The van der Waals surface area contributed by atoms with E-state index in [-0.39, 0.29) is 5.91 Å². The maximum Gasteiger partial charge on any atom is 0.255 e. The van der Waals surface area contributed by atoms with Crippen LogP contribution in [0.5, 0.6) is 0 Å². The lowest BCUT2D eigenvalue weighted by atomic mass is 10.1. The third-order valence-electron chi connectivity index (χ3n) is 5.15. The highest BCUT2D eigenvalue weighted by atomic mass is 32.2. The second kappa shape index (κ2) is 8.34. The van der Waals surface area contributed by atoms with E-state index in [1.807, 2.05) is 49.9 Å². The molecule has 1 aliphatic heterocycles. The van der Waals surface area contributed by atoms with Crippen LogP contribution in [0, 0.1) is 20.8 Å². The number of thioether (sulfide) groups is 1. The van der Waals surface area contributed by atoms with Crippen LogP contribution in [0.3, 0.4) is 0 Å². The fourth-order valence-corrected chi connectivity index (χ4v) is 4.77. The van der Waals surface area contributed by atoms with Gasteiger partial charge in [0.25, 0.3) is 5.91 Å². The molecule has 1 aliphatic rings. The van der Waals surface area contributed by atoms with Crippen molar-refractivity contribution in [1.29, 1.82) is 0 Å². The predicted molar refractivity (Wildman–Crippen MR) is 123 cm³/mol. The van der Waals surface area contributed by atoms with Gasteiger partial charge in [-0.2, -0.15) is 0 Å². The summed E-state index contributed by atoms with van der Waals surface area (Å²) in [7, 11) is 0. The minimum absolute atomic E-state index is 0.0661. The van der Waals surface area contributed by atoms with Crippen molar-refractivity contribution < 1.29 is 4.79 Å². The second-order valence-electron chi connectivity index (χ2n) is 7.77. The second-order valence-corrected chi connectivity index (χ2v) is 8.91. The van der Waals surface area contributed by atoms with Crippen molar-refractivity contribution in [3.8, 4) is 0 Å². The molecule has 4 heteroatoms. The molecule has 0 spiro atoms. The van der Waals surface area contributed by atoms with E-state index in [0.29, 0.717) is 5.56 Å². The van der Waals surface area contributed by atoms with Crippen LogP contribution in [0.25, 0.3) is 0 Å². The van der Waals surface area contributed by atoms with Gasteiger partial charge in [0.05, 0.1) is 5.69 Å². The molecule has 0 bridgehead atoms. The van der Waals surface area contributed by atoms with Gasteiger partial charge in [-0.15, -0.1) is 11.8 Å². The van der Waals surface area contributed by atoms with Crippen LogP contribution in [-0.4, -0.2) is 18.2 Å². The average Bonchev–Trinajstić information content (AvgIpc) is 2.69. The van der Waals surface area contributed by atoms with Crippen molar-refractivity contribution in [2.75, 3.05) is 22.5 Å². The topological polar surface area (TPSA) is 32.3 Å². The molecule has 1 N–H and O–H groups in total. The Balaban J connectivity index is 1.57. The monoisotopic (exact) mass is 402 g/mol. The van der Waals surface area contributed by atoms with E-state index in [4.69, 9.17) is 0 Å². The van der Waals surface area contributed by atoms with Crippen LogP contribution < -0.4 is 10.2 Å². The van der Waals surface area contributed by atoms with Crippen molar-refractivity contribution in [2.24, 2.45) is 0 Å². The van der Waals surface area contributed by atoms with Gasteiger partial charge >= 0.3 is 0 Å². The summed E-state index contributed by atoms with van der Waals surface area (Å²) >= 11 is 1.86. The minimum atomic E-state index is -0.0661. The molecule has 148 valence electrons. The Morgan fingerprint density at radius 2 is 1.66 bits per heavy atom. The number of nitrogens with one attached hydrogen (secondary N) is 1. The lowest BCUT2D eigenvalue weighted by Gasteiger charge is -2.31. The quantitative estimate of drug-likeness (QED) is 0.583. The Morgan fingerprint density at radius 1 is 0.931 bits per heavy atom.